The molecule has 4 nitrogen and oxygen atoms in total. The fourth-order valence-electron chi connectivity index (χ4n) is 0.432. The largest absolute Gasteiger partial charge is 0.262 e. The van der Waals surface area contributed by atoms with E-state index in [1.165, 1.54) is 23.5 Å². The van der Waals surface area contributed by atoms with Gasteiger partial charge in [0.25, 0.3) is 0 Å². The van der Waals surface area contributed by atoms with Crippen LogP contribution < -0.4 is 10.9 Å². The van der Waals surface area contributed by atoms with Crippen molar-refractivity contribution in [2.75, 3.05) is 12.5 Å². The van der Waals surface area contributed by atoms with Crippen molar-refractivity contribution in [1.82, 2.24) is 10.9 Å². The molecule has 8 heteroatoms. The Morgan fingerprint density at radius 2 is 1.67 bits per heavy atom. The first-order valence-electron chi connectivity index (χ1n) is 3.85. The summed E-state index contributed by atoms with van der Waals surface area (Å²) >= 11 is 12.7. The monoisotopic (exact) mass is 280 g/mol. The predicted molar refractivity (Wildman–Crippen MR) is 80.1 cm³/mol. The first kappa shape index (κ1) is 14.8. The van der Waals surface area contributed by atoms with E-state index in [9.17, 15) is 0 Å². The van der Waals surface area contributed by atoms with Crippen molar-refractivity contribution < 1.29 is 0 Å². The highest BCUT2D eigenvalue weighted by atomic mass is 32.2. The third kappa shape index (κ3) is 8.79. The van der Waals surface area contributed by atoms with Crippen LogP contribution in [0.2, 0.25) is 0 Å². The van der Waals surface area contributed by atoms with Crippen LogP contribution in [0.3, 0.4) is 0 Å². The molecule has 0 heterocycles. The van der Waals surface area contributed by atoms with Crippen LogP contribution in [0, 0.1) is 0 Å². The summed E-state index contributed by atoms with van der Waals surface area (Å²) in [7, 11) is 0. The van der Waals surface area contributed by atoms with Crippen LogP contribution in [0.15, 0.2) is 10.2 Å². The van der Waals surface area contributed by atoms with E-state index in [0.717, 1.165) is 0 Å². The Morgan fingerprint density at radius 3 is 2.20 bits per heavy atom. The maximum atomic E-state index is 4.91. The molecule has 0 aromatic heterocycles. The minimum atomic E-state index is 0.617. The van der Waals surface area contributed by atoms with E-state index in [2.05, 4.69) is 21.1 Å². The Hall–Kier alpha value is -0.180. The Kier molecular flexibility index (Phi) is 8.97. The van der Waals surface area contributed by atoms with E-state index in [1.54, 1.807) is 6.21 Å². The number of hydrazone groups is 2. The molecule has 0 atom stereocenters. The van der Waals surface area contributed by atoms with E-state index in [-0.39, 0.29) is 0 Å². The smallest absolute Gasteiger partial charge is 0.153 e. The van der Waals surface area contributed by atoms with Crippen LogP contribution in [-0.2, 0) is 0 Å². The number of hydrogen-bond acceptors (Lipinski definition) is 6. The van der Waals surface area contributed by atoms with E-state index >= 15 is 0 Å². The molecular formula is C7H12N4S4. The van der Waals surface area contributed by atoms with Gasteiger partial charge in [-0.05, 0) is 19.4 Å². The molecule has 0 unspecified atom stereocenters. The van der Waals surface area contributed by atoms with Crippen molar-refractivity contribution in [3.63, 3.8) is 0 Å². The van der Waals surface area contributed by atoms with Gasteiger partial charge in [-0.3, -0.25) is 10.9 Å². The molecule has 0 rings (SSSR count). The predicted octanol–water partition coefficient (Wildman–Crippen LogP) is 1.82. The zero-order valence-electron chi connectivity index (χ0n) is 8.60. The maximum absolute atomic E-state index is 4.91. The lowest BCUT2D eigenvalue weighted by Crippen LogP contribution is -2.15. The normalized spacial score (nSPS) is 11.5. The SMILES string of the molecule is CSC(=S)N/N=C/C(C)=N/NC(=S)SC. The topological polar surface area (TPSA) is 48.8 Å². The van der Waals surface area contributed by atoms with Gasteiger partial charge in [0.15, 0.2) is 8.64 Å². The van der Waals surface area contributed by atoms with Crippen molar-refractivity contribution in [3.8, 4) is 0 Å². The second-order valence-corrected chi connectivity index (χ2v) is 5.18. The Balaban J connectivity index is 3.95. The molecular weight excluding hydrogens is 268 g/mol. The van der Waals surface area contributed by atoms with E-state index in [1.807, 2.05) is 19.4 Å². The molecule has 0 aliphatic rings. The van der Waals surface area contributed by atoms with Crippen LogP contribution in [0.4, 0.5) is 0 Å². The summed E-state index contributed by atoms with van der Waals surface area (Å²) in [5.74, 6) is 0. The first-order chi connectivity index (χ1) is 7.10. The van der Waals surface area contributed by atoms with Crippen molar-refractivity contribution in [2.45, 2.75) is 6.92 Å². The lowest BCUT2D eigenvalue weighted by Gasteiger charge is -1.99. The number of nitrogens with zero attached hydrogens (tertiary/aromatic N) is 2. The first-order valence-corrected chi connectivity index (χ1v) is 7.12. The van der Waals surface area contributed by atoms with Gasteiger partial charge >= 0.3 is 0 Å². The highest BCUT2D eigenvalue weighted by Gasteiger charge is 1.90. The second kappa shape index (κ2) is 9.08. The zero-order valence-corrected chi connectivity index (χ0v) is 11.9. The summed E-state index contributed by atoms with van der Waals surface area (Å²) in [5.41, 5.74) is 6.10. The number of nitrogens with one attached hydrogen (secondary N) is 2. The fraction of sp³-hybridized carbons (Fsp3) is 0.429. The summed E-state index contributed by atoms with van der Waals surface area (Å²) in [6.45, 7) is 1.81. The van der Waals surface area contributed by atoms with Gasteiger partial charge in [-0.25, -0.2) is 0 Å². The lowest BCUT2D eigenvalue weighted by molar-refractivity contribution is 1.05. The molecule has 2 N–H and O–H groups in total. The third-order valence-corrected chi connectivity index (χ3v) is 3.21. The lowest BCUT2D eigenvalue weighted by atomic mass is 10.5. The highest BCUT2D eigenvalue weighted by molar-refractivity contribution is 8.22. The molecule has 0 fully saturated rings. The standard InChI is InChI=1S/C7H12N4S4/c1-5(9-11-7(13)15-3)4-8-10-6(12)14-2/h4H,1-3H3,(H,10,12)(H,11,13)/b8-4+,9-5+. The van der Waals surface area contributed by atoms with E-state index < -0.39 is 0 Å². The van der Waals surface area contributed by atoms with Gasteiger partial charge in [0, 0.05) is 0 Å². The number of thioether (sulfide) groups is 2. The van der Waals surface area contributed by atoms with E-state index in [0.29, 0.717) is 14.4 Å². The average Bonchev–Trinajstić information content (AvgIpc) is 2.25. The Morgan fingerprint density at radius 1 is 1.13 bits per heavy atom. The summed E-state index contributed by atoms with van der Waals surface area (Å²) < 4.78 is 1.24. The van der Waals surface area contributed by atoms with Gasteiger partial charge in [-0.1, -0.05) is 48.0 Å². The number of hydrogen-bond donors (Lipinski definition) is 2. The minimum Gasteiger partial charge on any atom is -0.262 e. The molecule has 0 bridgehead atoms. The van der Waals surface area contributed by atoms with Crippen LogP contribution in [0.1, 0.15) is 6.92 Å². The molecule has 0 saturated heterocycles. The van der Waals surface area contributed by atoms with Crippen molar-refractivity contribution in [3.05, 3.63) is 0 Å². The summed E-state index contributed by atoms with van der Waals surface area (Å²) in [4.78, 5) is 0. The van der Waals surface area contributed by atoms with Gasteiger partial charge in [0.1, 0.15) is 0 Å². The van der Waals surface area contributed by atoms with E-state index in [4.69, 9.17) is 24.4 Å². The molecule has 0 aliphatic heterocycles. The Bertz CT molecular complexity index is 287. The van der Waals surface area contributed by atoms with Gasteiger partial charge in [-0.15, -0.1) is 0 Å². The van der Waals surface area contributed by atoms with Crippen molar-refractivity contribution >= 4 is 68.5 Å². The summed E-state index contributed by atoms with van der Waals surface area (Å²) in [6, 6.07) is 0. The third-order valence-electron chi connectivity index (χ3n) is 1.10. The molecule has 0 aromatic rings. The molecule has 0 aromatic carbocycles. The molecule has 84 valence electrons. The molecule has 0 aliphatic carbocycles. The highest BCUT2D eigenvalue weighted by Crippen LogP contribution is 1.93. The van der Waals surface area contributed by atoms with Gasteiger partial charge in [0.2, 0.25) is 0 Å². The maximum Gasteiger partial charge on any atom is 0.153 e. The quantitative estimate of drug-likeness (QED) is 0.467. The minimum absolute atomic E-state index is 0.617. The van der Waals surface area contributed by atoms with Gasteiger partial charge in [-0.2, -0.15) is 10.2 Å². The summed E-state index contributed by atoms with van der Waals surface area (Å²) in [5, 5.41) is 7.87. The van der Waals surface area contributed by atoms with Crippen molar-refractivity contribution in [1.29, 1.82) is 0 Å². The molecule has 0 saturated carbocycles. The second-order valence-electron chi connectivity index (χ2n) is 2.22. The summed E-state index contributed by atoms with van der Waals surface area (Å²) in [6.07, 6.45) is 5.33. The zero-order chi connectivity index (χ0) is 11.7. The molecule has 15 heavy (non-hydrogen) atoms. The molecule has 0 spiro atoms. The Labute approximate surface area is 109 Å². The number of rotatable bonds is 3. The molecule has 0 radical (unpaired) electrons. The number of thiocarbonyl (C=S) groups is 2. The van der Waals surface area contributed by atoms with Gasteiger partial charge in [0.05, 0.1) is 11.9 Å². The van der Waals surface area contributed by atoms with Gasteiger partial charge < -0.3 is 0 Å². The van der Waals surface area contributed by atoms with Crippen LogP contribution in [0.25, 0.3) is 0 Å². The van der Waals surface area contributed by atoms with Crippen molar-refractivity contribution in [2.24, 2.45) is 10.2 Å². The van der Waals surface area contributed by atoms with Crippen LogP contribution >= 0.6 is 48.0 Å². The molecule has 0 amide bonds. The average molecular weight is 280 g/mol. The fourth-order valence-corrected chi connectivity index (χ4v) is 0.812. The van der Waals surface area contributed by atoms with Crippen LogP contribution in [0.5, 0.6) is 0 Å². The van der Waals surface area contributed by atoms with Crippen LogP contribution in [-0.4, -0.2) is 33.1 Å².